The molecule has 0 radical (unpaired) electrons. The zero-order chi connectivity index (χ0) is 13.1. The molecule has 0 saturated heterocycles. The van der Waals surface area contributed by atoms with E-state index in [0.29, 0.717) is 6.04 Å². The maximum Gasteiger partial charge on any atom is 0.0794 e. The molecular formula is C14H19N3OS. The van der Waals surface area contributed by atoms with Crippen molar-refractivity contribution in [2.24, 2.45) is 0 Å². The molecule has 0 spiro atoms. The van der Waals surface area contributed by atoms with Gasteiger partial charge in [0.1, 0.15) is 0 Å². The number of thiophene rings is 1. The Labute approximate surface area is 116 Å². The summed E-state index contributed by atoms with van der Waals surface area (Å²) in [5.74, 6) is 0. The largest absolute Gasteiger partial charge is 0.393 e. The highest BCUT2D eigenvalue weighted by molar-refractivity contribution is 7.13. The topological polar surface area (TPSA) is 60.9 Å². The number of nitrogens with one attached hydrogen (secondary N) is 2. The van der Waals surface area contributed by atoms with Crippen molar-refractivity contribution in [3.63, 3.8) is 0 Å². The first-order chi connectivity index (χ1) is 9.33. The highest BCUT2D eigenvalue weighted by atomic mass is 32.1. The van der Waals surface area contributed by atoms with Crippen LogP contribution in [-0.2, 0) is 6.54 Å². The number of aliphatic hydroxyl groups excluding tert-OH is 1. The Balaban J connectivity index is 1.60. The molecule has 0 unspecified atom stereocenters. The number of aromatic amines is 1. The first-order valence-electron chi connectivity index (χ1n) is 6.80. The van der Waals surface area contributed by atoms with E-state index in [1.807, 2.05) is 6.20 Å². The summed E-state index contributed by atoms with van der Waals surface area (Å²) in [6, 6.07) is 4.69. The Morgan fingerprint density at radius 1 is 1.37 bits per heavy atom. The van der Waals surface area contributed by atoms with Crippen molar-refractivity contribution in [3.05, 3.63) is 29.3 Å². The number of hydrogen-bond acceptors (Lipinski definition) is 4. The van der Waals surface area contributed by atoms with Gasteiger partial charge in [-0.3, -0.25) is 5.10 Å². The lowest BCUT2D eigenvalue weighted by Crippen LogP contribution is -2.34. The number of aromatic nitrogens is 2. The average Bonchev–Trinajstić information content (AvgIpc) is 3.08. The Hall–Kier alpha value is -1.17. The van der Waals surface area contributed by atoms with Crippen molar-refractivity contribution < 1.29 is 5.11 Å². The Bertz CT molecular complexity index is 501. The van der Waals surface area contributed by atoms with Crippen molar-refractivity contribution in [1.82, 2.24) is 15.5 Å². The maximum absolute atomic E-state index is 9.51. The zero-order valence-corrected chi connectivity index (χ0v) is 11.6. The summed E-state index contributed by atoms with van der Waals surface area (Å²) in [4.78, 5) is 1.23. The van der Waals surface area contributed by atoms with Gasteiger partial charge in [-0.25, -0.2) is 0 Å². The number of hydrogen-bond donors (Lipinski definition) is 3. The van der Waals surface area contributed by atoms with Gasteiger partial charge in [-0.1, -0.05) is 6.07 Å². The van der Waals surface area contributed by atoms with Crippen LogP contribution in [0.5, 0.6) is 0 Å². The van der Waals surface area contributed by atoms with Crippen LogP contribution in [0.2, 0.25) is 0 Å². The highest BCUT2D eigenvalue weighted by Gasteiger charge is 2.19. The highest BCUT2D eigenvalue weighted by Crippen LogP contribution is 2.26. The van der Waals surface area contributed by atoms with Crippen molar-refractivity contribution >= 4 is 11.3 Å². The molecule has 0 atom stereocenters. The van der Waals surface area contributed by atoms with Gasteiger partial charge in [0.25, 0.3) is 0 Å². The molecule has 5 heteroatoms. The smallest absolute Gasteiger partial charge is 0.0794 e. The average molecular weight is 277 g/mol. The minimum Gasteiger partial charge on any atom is -0.393 e. The van der Waals surface area contributed by atoms with Gasteiger partial charge in [-0.2, -0.15) is 5.10 Å². The fourth-order valence-corrected chi connectivity index (χ4v) is 3.37. The van der Waals surface area contributed by atoms with E-state index in [9.17, 15) is 5.11 Å². The van der Waals surface area contributed by atoms with Crippen LogP contribution < -0.4 is 5.32 Å². The molecular weight excluding hydrogens is 258 g/mol. The summed E-state index contributed by atoms with van der Waals surface area (Å²) in [5, 5.41) is 22.4. The van der Waals surface area contributed by atoms with Crippen LogP contribution in [0.3, 0.4) is 0 Å². The molecule has 19 heavy (non-hydrogen) atoms. The number of H-pyrrole nitrogens is 1. The third-order valence-corrected chi connectivity index (χ3v) is 4.65. The monoisotopic (exact) mass is 277 g/mol. The maximum atomic E-state index is 9.51. The van der Waals surface area contributed by atoms with Crippen LogP contribution in [-0.4, -0.2) is 27.4 Å². The standard InChI is InChI=1S/C14H19N3OS/c18-12-5-3-11(4-6-12)15-8-10-9-16-17-14(10)13-2-1-7-19-13/h1-2,7,9,11-12,15,18H,3-6,8H2,(H,16,17). The van der Waals surface area contributed by atoms with Gasteiger partial charge in [0.15, 0.2) is 0 Å². The molecule has 1 aliphatic carbocycles. The van der Waals surface area contributed by atoms with Crippen molar-refractivity contribution in [3.8, 4) is 10.6 Å². The van der Waals surface area contributed by atoms with Crippen LogP contribution >= 0.6 is 11.3 Å². The van der Waals surface area contributed by atoms with Crippen molar-refractivity contribution in [2.45, 2.75) is 44.4 Å². The van der Waals surface area contributed by atoms with Gasteiger partial charge in [-0.05, 0) is 37.1 Å². The molecule has 102 valence electrons. The van der Waals surface area contributed by atoms with Gasteiger partial charge in [0.05, 0.1) is 22.9 Å². The second-order valence-electron chi connectivity index (χ2n) is 5.13. The van der Waals surface area contributed by atoms with Gasteiger partial charge < -0.3 is 10.4 Å². The Morgan fingerprint density at radius 3 is 2.95 bits per heavy atom. The van der Waals surface area contributed by atoms with Crippen LogP contribution in [0.15, 0.2) is 23.7 Å². The van der Waals surface area contributed by atoms with Gasteiger partial charge in [0, 0.05) is 18.2 Å². The van der Waals surface area contributed by atoms with Crippen LogP contribution in [0, 0.1) is 0 Å². The fraction of sp³-hybridized carbons (Fsp3) is 0.500. The molecule has 3 rings (SSSR count). The molecule has 2 aromatic heterocycles. The lowest BCUT2D eigenvalue weighted by Gasteiger charge is -2.26. The van der Waals surface area contributed by atoms with E-state index < -0.39 is 0 Å². The number of rotatable bonds is 4. The predicted molar refractivity (Wildman–Crippen MR) is 77.0 cm³/mol. The van der Waals surface area contributed by atoms with Gasteiger partial charge in [0.2, 0.25) is 0 Å². The molecule has 1 saturated carbocycles. The number of nitrogens with zero attached hydrogens (tertiary/aromatic N) is 1. The summed E-state index contributed by atoms with van der Waals surface area (Å²) in [6.07, 6.45) is 5.77. The third kappa shape index (κ3) is 3.05. The van der Waals surface area contributed by atoms with E-state index in [1.54, 1.807) is 11.3 Å². The van der Waals surface area contributed by atoms with Gasteiger partial charge in [-0.15, -0.1) is 11.3 Å². The fourth-order valence-electron chi connectivity index (χ4n) is 2.61. The Kier molecular flexibility index (Phi) is 3.96. The summed E-state index contributed by atoms with van der Waals surface area (Å²) >= 11 is 1.72. The predicted octanol–water partition coefficient (Wildman–Crippen LogP) is 2.53. The number of aliphatic hydroxyl groups is 1. The lowest BCUT2D eigenvalue weighted by atomic mass is 9.93. The second-order valence-corrected chi connectivity index (χ2v) is 6.08. The molecule has 0 amide bonds. The molecule has 1 fully saturated rings. The molecule has 0 aliphatic heterocycles. The van der Waals surface area contributed by atoms with E-state index in [-0.39, 0.29) is 6.10 Å². The van der Waals surface area contributed by atoms with Crippen LogP contribution in [0.1, 0.15) is 31.2 Å². The van der Waals surface area contributed by atoms with E-state index in [4.69, 9.17) is 0 Å². The normalized spacial score (nSPS) is 23.6. The van der Waals surface area contributed by atoms with E-state index in [2.05, 4.69) is 33.0 Å². The molecule has 1 aliphatic rings. The molecule has 2 aromatic rings. The molecule has 2 heterocycles. The summed E-state index contributed by atoms with van der Waals surface area (Å²) in [6.45, 7) is 0.838. The van der Waals surface area contributed by atoms with Crippen LogP contribution in [0.4, 0.5) is 0 Å². The molecule has 0 bridgehead atoms. The zero-order valence-electron chi connectivity index (χ0n) is 10.8. The quantitative estimate of drug-likeness (QED) is 0.805. The summed E-state index contributed by atoms with van der Waals surface area (Å²) < 4.78 is 0. The molecule has 4 nitrogen and oxygen atoms in total. The minimum atomic E-state index is -0.0892. The summed E-state index contributed by atoms with van der Waals surface area (Å²) in [7, 11) is 0. The SMILES string of the molecule is OC1CCC(NCc2cn[nH]c2-c2cccs2)CC1. The van der Waals surface area contributed by atoms with Crippen molar-refractivity contribution in [2.75, 3.05) is 0 Å². The van der Waals surface area contributed by atoms with E-state index >= 15 is 0 Å². The van der Waals surface area contributed by atoms with E-state index in [0.717, 1.165) is 37.9 Å². The van der Waals surface area contributed by atoms with Gasteiger partial charge >= 0.3 is 0 Å². The minimum absolute atomic E-state index is 0.0892. The summed E-state index contributed by atoms with van der Waals surface area (Å²) in [5.41, 5.74) is 2.34. The molecule has 3 N–H and O–H groups in total. The first kappa shape index (κ1) is 12.8. The lowest BCUT2D eigenvalue weighted by molar-refractivity contribution is 0.116. The third-order valence-electron chi connectivity index (χ3n) is 3.76. The second kappa shape index (κ2) is 5.86. The first-order valence-corrected chi connectivity index (χ1v) is 7.68. The van der Waals surface area contributed by atoms with Crippen LogP contribution in [0.25, 0.3) is 10.6 Å². The van der Waals surface area contributed by atoms with E-state index in [1.165, 1.54) is 10.4 Å². The van der Waals surface area contributed by atoms with Crippen molar-refractivity contribution in [1.29, 1.82) is 0 Å². The Morgan fingerprint density at radius 2 is 2.21 bits per heavy atom. The molecule has 0 aromatic carbocycles.